The lowest BCUT2D eigenvalue weighted by Crippen LogP contribution is -2.41. The number of aromatic nitrogens is 2. The third kappa shape index (κ3) is 4.52. The van der Waals surface area contributed by atoms with Gasteiger partial charge in [-0.1, -0.05) is 23.7 Å². The van der Waals surface area contributed by atoms with E-state index in [2.05, 4.69) is 11.8 Å². The second-order valence-corrected chi connectivity index (χ2v) is 9.56. The van der Waals surface area contributed by atoms with Gasteiger partial charge >= 0.3 is 0 Å². The number of halogens is 1. The van der Waals surface area contributed by atoms with Gasteiger partial charge in [-0.05, 0) is 58.4 Å². The molecule has 2 aliphatic heterocycles. The third-order valence-electron chi connectivity index (χ3n) is 6.37. The van der Waals surface area contributed by atoms with Crippen LogP contribution in [0.15, 0.2) is 18.2 Å². The standard InChI is InChI=1S/C24H32ClN3O3/c1-15(2)31-20-7-5-6-18(21(20)25)22-17(4)26-23(19(13-29)27-22)28-10-8-24(9-11-28)12-16(3)30-14-24/h5-7,15-16,29H,8-14H2,1-4H3/t16-/m0/s1. The quantitative estimate of drug-likeness (QED) is 0.714. The lowest BCUT2D eigenvalue weighted by atomic mass is 9.77. The number of hydrogen-bond acceptors (Lipinski definition) is 6. The first kappa shape index (κ1) is 22.3. The van der Waals surface area contributed by atoms with E-state index in [0.717, 1.165) is 56.0 Å². The molecule has 1 atom stereocenters. The maximum atomic E-state index is 10.1. The Balaban J connectivity index is 1.62. The van der Waals surface area contributed by atoms with E-state index in [0.29, 0.717) is 33.7 Å². The van der Waals surface area contributed by atoms with Gasteiger partial charge in [0.25, 0.3) is 0 Å². The first-order valence-electron chi connectivity index (χ1n) is 11.1. The summed E-state index contributed by atoms with van der Waals surface area (Å²) in [6.07, 6.45) is 3.65. The van der Waals surface area contributed by atoms with E-state index in [9.17, 15) is 5.11 Å². The fourth-order valence-electron chi connectivity index (χ4n) is 4.78. The highest BCUT2D eigenvalue weighted by Gasteiger charge is 2.41. The zero-order valence-corrected chi connectivity index (χ0v) is 19.6. The van der Waals surface area contributed by atoms with Gasteiger partial charge in [0.1, 0.15) is 11.4 Å². The summed E-state index contributed by atoms with van der Waals surface area (Å²) in [5.41, 5.74) is 3.11. The molecule has 31 heavy (non-hydrogen) atoms. The summed E-state index contributed by atoms with van der Waals surface area (Å²) in [4.78, 5) is 11.9. The Kier molecular flexibility index (Phi) is 6.42. The summed E-state index contributed by atoms with van der Waals surface area (Å²) >= 11 is 6.65. The third-order valence-corrected chi connectivity index (χ3v) is 6.76. The van der Waals surface area contributed by atoms with E-state index in [1.807, 2.05) is 39.0 Å². The molecule has 4 rings (SSSR count). The number of ether oxygens (including phenoxy) is 2. The Morgan fingerprint density at radius 2 is 2.03 bits per heavy atom. The summed E-state index contributed by atoms with van der Waals surface area (Å²) in [5, 5.41) is 10.6. The van der Waals surface area contributed by atoms with Gasteiger partial charge in [0.05, 0.1) is 41.8 Å². The smallest absolute Gasteiger partial charge is 0.153 e. The molecule has 0 unspecified atom stereocenters. The first-order chi connectivity index (χ1) is 14.8. The van der Waals surface area contributed by atoms with Crippen LogP contribution in [-0.2, 0) is 11.3 Å². The molecule has 1 N–H and O–H groups in total. The molecule has 2 aliphatic rings. The highest BCUT2D eigenvalue weighted by atomic mass is 35.5. The number of aliphatic hydroxyl groups excluding tert-OH is 1. The van der Waals surface area contributed by atoms with Crippen molar-refractivity contribution >= 4 is 17.4 Å². The molecule has 0 aliphatic carbocycles. The Bertz CT molecular complexity index is 942. The van der Waals surface area contributed by atoms with Gasteiger partial charge in [-0.2, -0.15) is 0 Å². The minimum atomic E-state index is -0.169. The van der Waals surface area contributed by atoms with Crippen molar-refractivity contribution in [2.24, 2.45) is 5.41 Å². The van der Waals surface area contributed by atoms with Crippen molar-refractivity contribution < 1.29 is 14.6 Å². The Labute approximate surface area is 189 Å². The van der Waals surface area contributed by atoms with Crippen molar-refractivity contribution in [3.63, 3.8) is 0 Å². The maximum absolute atomic E-state index is 10.1. The normalized spacial score (nSPS) is 20.6. The Morgan fingerprint density at radius 1 is 1.29 bits per heavy atom. The molecule has 1 spiro atoms. The molecule has 168 valence electrons. The van der Waals surface area contributed by atoms with Crippen molar-refractivity contribution in [1.82, 2.24) is 9.97 Å². The zero-order chi connectivity index (χ0) is 22.2. The summed E-state index contributed by atoms with van der Waals surface area (Å²) < 4.78 is 11.7. The van der Waals surface area contributed by atoms with Crippen LogP contribution in [0.4, 0.5) is 5.82 Å². The topological polar surface area (TPSA) is 67.7 Å². The van der Waals surface area contributed by atoms with E-state index >= 15 is 0 Å². The van der Waals surface area contributed by atoms with Crippen LogP contribution in [0.25, 0.3) is 11.3 Å². The largest absolute Gasteiger partial charge is 0.489 e. The molecule has 2 aromatic rings. The van der Waals surface area contributed by atoms with Crippen molar-refractivity contribution in [3.05, 3.63) is 34.6 Å². The van der Waals surface area contributed by atoms with Gasteiger partial charge in [-0.3, -0.25) is 0 Å². The minimum Gasteiger partial charge on any atom is -0.489 e. The molecule has 7 heteroatoms. The van der Waals surface area contributed by atoms with Crippen LogP contribution in [0.2, 0.25) is 5.02 Å². The predicted molar refractivity (Wildman–Crippen MR) is 123 cm³/mol. The molecule has 1 aromatic carbocycles. The van der Waals surface area contributed by atoms with Gasteiger partial charge in [0.2, 0.25) is 0 Å². The molecule has 3 heterocycles. The first-order valence-corrected chi connectivity index (χ1v) is 11.5. The van der Waals surface area contributed by atoms with Gasteiger partial charge < -0.3 is 19.5 Å². The van der Waals surface area contributed by atoms with Crippen molar-refractivity contribution in [3.8, 4) is 17.0 Å². The maximum Gasteiger partial charge on any atom is 0.153 e. The highest BCUT2D eigenvalue weighted by Crippen LogP contribution is 2.43. The number of aliphatic hydroxyl groups is 1. The molecular formula is C24H32ClN3O3. The second-order valence-electron chi connectivity index (χ2n) is 9.18. The molecule has 0 saturated carbocycles. The van der Waals surface area contributed by atoms with Gasteiger partial charge in [-0.25, -0.2) is 9.97 Å². The number of piperidine rings is 1. The van der Waals surface area contributed by atoms with Gasteiger partial charge in [0, 0.05) is 18.7 Å². The minimum absolute atomic E-state index is 0.0194. The average molecular weight is 446 g/mol. The molecular weight excluding hydrogens is 414 g/mol. The molecule has 1 aromatic heterocycles. The van der Waals surface area contributed by atoms with E-state index < -0.39 is 0 Å². The van der Waals surface area contributed by atoms with E-state index in [4.69, 9.17) is 31.0 Å². The second kappa shape index (κ2) is 8.93. The summed E-state index contributed by atoms with van der Waals surface area (Å²) in [6.45, 7) is 10.5. The molecule has 2 fully saturated rings. The Hall–Kier alpha value is -1.89. The van der Waals surface area contributed by atoms with Crippen LogP contribution in [0, 0.1) is 12.3 Å². The zero-order valence-electron chi connectivity index (χ0n) is 18.8. The lowest BCUT2D eigenvalue weighted by molar-refractivity contribution is 0.0975. The van der Waals surface area contributed by atoms with Crippen molar-refractivity contribution in [1.29, 1.82) is 0 Å². The number of nitrogens with zero attached hydrogens (tertiary/aromatic N) is 3. The summed E-state index contributed by atoms with van der Waals surface area (Å²) in [7, 11) is 0. The van der Waals surface area contributed by atoms with Crippen molar-refractivity contribution in [2.75, 3.05) is 24.6 Å². The fourth-order valence-corrected chi connectivity index (χ4v) is 5.04. The van der Waals surface area contributed by atoms with E-state index in [-0.39, 0.29) is 12.7 Å². The highest BCUT2D eigenvalue weighted by molar-refractivity contribution is 6.34. The van der Waals surface area contributed by atoms with Crippen LogP contribution in [0.3, 0.4) is 0 Å². The van der Waals surface area contributed by atoms with Crippen LogP contribution >= 0.6 is 11.6 Å². The van der Waals surface area contributed by atoms with E-state index in [1.54, 1.807) is 0 Å². The number of hydrogen-bond donors (Lipinski definition) is 1. The fraction of sp³-hybridized carbons (Fsp3) is 0.583. The molecule has 0 amide bonds. The summed E-state index contributed by atoms with van der Waals surface area (Å²) in [6, 6.07) is 5.67. The van der Waals surface area contributed by atoms with Crippen LogP contribution in [0.1, 0.15) is 51.4 Å². The predicted octanol–water partition coefficient (Wildman–Crippen LogP) is 4.78. The van der Waals surface area contributed by atoms with E-state index in [1.165, 1.54) is 0 Å². The molecule has 0 bridgehead atoms. The lowest BCUT2D eigenvalue weighted by Gasteiger charge is -2.39. The number of benzene rings is 1. The Morgan fingerprint density at radius 3 is 2.65 bits per heavy atom. The average Bonchev–Trinajstić information content (AvgIpc) is 3.10. The van der Waals surface area contributed by atoms with Crippen LogP contribution < -0.4 is 9.64 Å². The van der Waals surface area contributed by atoms with Gasteiger partial charge in [0.15, 0.2) is 5.82 Å². The number of rotatable bonds is 5. The summed E-state index contributed by atoms with van der Waals surface area (Å²) in [5.74, 6) is 1.40. The van der Waals surface area contributed by atoms with Crippen LogP contribution in [0.5, 0.6) is 5.75 Å². The number of aryl methyl sites for hydroxylation is 1. The number of anilines is 1. The van der Waals surface area contributed by atoms with Crippen molar-refractivity contribution in [2.45, 2.75) is 65.8 Å². The monoisotopic (exact) mass is 445 g/mol. The molecule has 2 saturated heterocycles. The van der Waals surface area contributed by atoms with Crippen LogP contribution in [-0.4, -0.2) is 47.0 Å². The SMILES string of the molecule is Cc1nc(N2CCC3(CC2)CO[C@@H](C)C3)c(CO)nc1-c1cccc(OC(C)C)c1Cl. The van der Waals surface area contributed by atoms with Gasteiger partial charge in [-0.15, -0.1) is 0 Å². The molecule has 0 radical (unpaired) electrons. The molecule has 6 nitrogen and oxygen atoms in total.